The van der Waals surface area contributed by atoms with E-state index >= 15 is 0 Å². The van der Waals surface area contributed by atoms with E-state index in [1.54, 1.807) is 0 Å². The zero-order chi connectivity index (χ0) is 22.3. The molecule has 0 unspecified atom stereocenters. The van der Waals surface area contributed by atoms with Crippen LogP contribution in [0.4, 0.5) is 5.69 Å². The molecule has 32 heavy (non-hydrogen) atoms. The topological polar surface area (TPSA) is 67.8 Å². The fraction of sp³-hybridized carbons (Fsp3) is 0.192. The van der Waals surface area contributed by atoms with Gasteiger partial charge in [-0.3, -0.25) is 4.79 Å². The smallest absolute Gasteiger partial charge is 0.290 e. The molecule has 0 aromatic heterocycles. The lowest BCUT2D eigenvalue weighted by Crippen LogP contribution is -2.29. The second-order valence-corrected chi connectivity index (χ2v) is 8.82. The van der Waals surface area contributed by atoms with E-state index in [0.717, 1.165) is 20.3 Å². The summed E-state index contributed by atoms with van der Waals surface area (Å²) in [5.74, 6) is -0.0457. The zero-order valence-corrected chi connectivity index (χ0v) is 19.6. The molecule has 0 saturated heterocycles. The average Bonchev–Trinajstić information content (AvgIpc) is 2.84. The van der Waals surface area contributed by atoms with Gasteiger partial charge in [0, 0.05) is 21.6 Å². The van der Waals surface area contributed by atoms with Crippen molar-refractivity contribution in [2.75, 3.05) is 5.32 Å². The number of amides is 1. The number of benzene rings is 3. The molecule has 164 valence electrons. The van der Waals surface area contributed by atoms with E-state index in [1.807, 2.05) is 60.7 Å². The van der Waals surface area contributed by atoms with Crippen LogP contribution in [0.15, 0.2) is 90.7 Å². The second-order valence-electron chi connectivity index (χ2n) is 7.58. The Morgan fingerprint density at radius 1 is 1.00 bits per heavy atom. The van der Waals surface area contributed by atoms with E-state index in [9.17, 15) is 9.90 Å². The first kappa shape index (κ1) is 22.5. The Kier molecular flexibility index (Phi) is 7.57. The minimum atomic E-state index is -0.557. The maximum Gasteiger partial charge on any atom is 0.290 e. The molecule has 5 nitrogen and oxygen atoms in total. The molecule has 3 aromatic carbocycles. The van der Waals surface area contributed by atoms with Crippen molar-refractivity contribution in [3.63, 3.8) is 0 Å². The van der Waals surface area contributed by atoms with Crippen LogP contribution >= 0.6 is 22.6 Å². The number of aliphatic hydroxyl groups excluding tert-OH is 1. The lowest BCUT2D eigenvalue weighted by molar-refractivity contribution is -0.147. The largest absolute Gasteiger partial charge is 0.459 e. The third kappa shape index (κ3) is 5.97. The number of nitrogens with one attached hydrogen (secondary N) is 1. The van der Waals surface area contributed by atoms with Gasteiger partial charge in [-0.2, -0.15) is 0 Å². The first-order chi connectivity index (χ1) is 15.6. The Labute approximate surface area is 201 Å². The van der Waals surface area contributed by atoms with Crippen LogP contribution < -0.4 is 5.32 Å². The summed E-state index contributed by atoms with van der Waals surface area (Å²) in [6, 6.07) is 25.1. The number of carbonyl (C=O) groups is 1. The molecule has 0 fully saturated rings. The van der Waals surface area contributed by atoms with Crippen LogP contribution in [0.5, 0.6) is 0 Å². The monoisotopic (exact) mass is 541 g/mol. The molecule has 1 aliphatic heterocycles. The van der Waals surface area contributed by atoms with Crippen LogP contribution in [0.2, 0.25) is 0 Å². The normalized spacial score (nSPS) is 17.9. The molecule has 0 spiro atoms. The number of carbonyl (C=O) groups excluding carboxylic acids is 1. The minimum absolute atomic E-state index is 0.000890. The predicted octanol–water partition coefficient (Wildman–Crippen LogP) is 5.35. The lowest BCUT2D eigenvalue weighted by atomic mass is 9.93. The number of rotatable bonds is 7. The highest BCUT2D eigenvalue weighted by molar-refractivity contribution is 14.1. The van der Waals surface area contributed by atoms with Gasteiger partial charge in [0.15, 0.2) is 5.76 Å². The van der Waals surface area contributed by atoms with E-state index in [-0.39, 0.29) is 24.2 Å². The number of anilines is 1. The van der Waals surface area contributed by atoms with E-state index in [0.29, 0.717) is 18.7 Å². The number of hydrogen-bond acceptors (Lipinski definition) is 4. The first-order valence-electron chi connectivity index (χ1n) is 10.4. The van der Waals surface area contributed by atoms with Gasteiger partial charge in [-0.25, -0.2) is 0 Å². The highest BCUT2D eigenvalue weighted by Gasteiger charge is 2.29. The van der Waals surface area contributed by atoms with Crippen LogP contribution in [0.3, 0.4) is 0 Å². The lowest BCUT2D eigenvalue weighted by Gasteiger charge is -2.29. The summed E-state index contributed by atoms with van der Waals surface area (Å²) >= 11 is 2.28. The van der Waals surface area contributed by atoms with Crippen LogP contribution in [0.25, 0.3) is 0 Å². The van der Waals surface area contributed by atoms with Crippen molar-refractivity contribution < 1.29 is 19.4 Å². The van der Waals surface area contributed by atoms with Crippen molar-refractivity contribution in [2.24, 2.45) is 0 Å². The van der Waals surface area contributed by atoms with Crippen molar-refractivity contribution in [2.45, 2.75) is 31.8 Å². The minimum Gasteiger partial charge on any atom is -0.459 e. The zero-order valence-electron chi connectivity index (χ0n) is 17.4. The molecule has 2 N–H and O–H groups in total. The molecular weight excluding hydrogens is 517 g/mol. The van der Waals surface area contributed by atoms with Crippen molar-refractivity contribution in [1.82, 2.24) is 0 Å². The highest BCUT2D eigenvalue weighted by atomic mass is 127. The summed E-state index contributed by atoms with van der Waals surface area (Å²) in [6.07, 6.45) is 1.92. The summed E-state index contributed by atoms with van der Waals surface area (Å²) in [7, 11) is 0. The van der Waals surface area contributed by atoms with Crippen molar-refractivity contribution >= 4 is 34.2 Å². The maximum atomic E-state index is 12.9. The van der Waals surface area contributed by atoms with Gasteiger partial charge in [-0.1, -0.05) is 54.6 Å². The summed E-state index contributed by atoms with van der Waals surface area (Å²) in [4.78, 5) is 12.9. The number of para-hydroxylation sites is 1. The molecule has 6 heteroatoms. The van der Waals surface area contributed by atoms with Gasteiger partial charge in [-0.05, 0) is 69.6 Å². The highest BCUT2D eigenvalue weighted by Crippen LogP contribution is 2.32. The van der Waals surface area contributed by atoms with Crippen LogP contribution in [0, 0.1) is 3.57 Å². The molecule has 0 radical (unpaired) electrons. The van der Waals surface area contributed by atoms with Gasteiger partial charge in [0.2, 0.25) is 6.29 Å². The van der Waals surface area contributed by atoms with E-state index < -0.39 is 6.29 Å². The standard InChI is InChI=1S/C26H24INO4/c27-22-12-10-20(11-13-22)21-14-24(26(30)28-23-4-2-1-3-5-23)32-25(15-21)31-17-19-8-6-18(16-29)7-9-19/h1-14,21,25,29H,15-17H2,(H,28,30)/t21-,25+/m1/s1. The van der Waals surface area contributed by atoms with Gasteiger partial charge in [0.1, 0.15) is 0 Å². The van der Waals surface area contributed by atoms with Gasteiger partial charge in [0.05, 0.1) is 13.2 Å². The Hall–Kier alpha value is -2.68. The SMILES string of the molecule is O=C(Nc1ccccc1)C1=C[C@@H](c2ccc(I)cc2)C[C@@H](OCc2ccc(CO)cc2)O1. The van der Waals surface area contributed by atoms with Gasteiger partial charge in [-0.15, -0.1) is 0 Å². The molecule has 1 aliphatic rings. The molecule has 2 atom stereocenters. The van der Waals surface area contributed by atoms with Crippen molar-refractivity contribution in [1.29, 1.82) is 0 Å². The van der Waals surface area contributed by atoms with E-state index in [2.05, 4.69) is 52.2 Å². The Bertz CT molecular complexity index is 1070. The predicted molar refractivity (Wildman–Crippen MR) is 132 cm³/mol. The van der Waals surface area contributed by atoms with Crippen LogP contribution in [-0.4, -0.2) is 17.3 Å². The Balaban J connectivity index is 1.50. The molecule has 0 aliphatic carbocycles. The number of ether oxygens (including phenoxy) is 2. The van der Waals surface area contributed by atoms with E-state index in [4.69, 9.17) is 9.47 Å². The fourth-order valence-electron chi connectivity index (χ4n) is 3.50. The van der Waals surface area contributed by atoms with Gasteiger partial charge in [0.25, 0.3) is 5.91 Å². The van der Waals surface area contributed by atoms with Crippen LogP contribution in [0.1, 0.15) is 29.0 Å². The summed E-state index contributed by atoms with van der Waals surface area (Å²) in [5.41, 5.74) is 3.64. The number of allylic oxidation sites excluding steroid dienone is 1. The first-order valence-corrected chi connectivity index (χ1v) is 11.5. The molecule has 0 saturated carbocycles. The number of aliphatic hydroxyl groups is 1. The quantitative estimate of drug-likeness (QED) is 0.396. The number of hydrogen-bond donors (Lipinski definition) is 2. The van der Waals surface area contributed by atoms with Gasteiger partial charge >= 0.3 is 0 Å². The molecular formula is C26H24INO4. The Morgan fingerprint density at radius 2 is 1.69 bits per heavy atom. The van der Waals surface area contributed by atoms with Crippen LogP contribution in [-0.2, 0) is 27.5 Å². The molecule has 4 rings (SSSR count). The number of halogens is 1. The summed E-state index contributed by atoms with van der Waals surface area (Å²) in [6.45, 7) is 0.360. The van der Waals surface area contributed by atoms with Crippen molar-refractivity contribution in [3.05, 3.63) is 111 Å². The molecule has 0 bridgehead atoms. The third-order valence-electron chi connectivity index (χ3n) is 5.25. The molecule has 1 heterocycles. The third-order valence-corrected chi connectivity index (χ3v) is 5.97. The fourth-order valence-corrected chi connectivity index (χ4v) is 3.86. The Morgan fingerprint density at radius 3 is 2.38 bits per heavy atom. The average molecular weight is 541 g/mol. The van der Waals surface area contributed by atoms with E-state index in [1.165, 1.54) is 0 Å². The molecule has 1 amide bonds. The summed E-state index contributed by atoms with van der Waals surface area (Å²) in [5, 5.41) is 12.1. The van der Waals surface area contributed by atoms with Crippen molar-refractivity contribution in [3.8, 4) is 0 Å². The second kappa shape index (κ2) is 10.8. The summed E-state index contributed by atoms with van der Waals surface area (Å²) < 4.78 is 13.1. The van der Waals surface area contributed by atoms with Gasteiger partial charge < -0.3 is 19.9 Å². The molecule has 3 aromatic rings. The maximum absolute atomic E-state index is 12.9.